The van der Waals surface area contributed by atoms with Gasteiger partial charge in [0.15, 0.2) is 0 Å². The van der Waals surface area contributed by atoms with Crippen LogP contribution in [0.2, 0.25) is 0 Å². The molecular weight excluding hydrogens is 342 g/mol. The summed E-state index contributed by atoms with van der Waals surface area (Å²) in [5.74, 6) is 0.671. The highest BCUT2D eigenvalue weighted by atomic mass is 15.5. The van der Waals surface area contributed by atoms with Gasteiger partial charge in [0.05, 0.1) is 17.4 Å². The molecule has 2 heterocycles. The van der Waals surface area contributed by atoms with Gasteiger partial charge in [-0.1, -0.05) is 61.5 Å². The Morgan fingerprint density at radius 1 is 1.07 bits per heavy atom. The summed E-state index contributed by atoms with van der Waals surface area (Å²) in [5.41, 5.74) is 7.95. The normalized spacial score (nSPS) is 23.9. The predicted octanol–water partition coefficient (Wildman–Crippen LogP) is 5.13. The number of hydrazone groups is 1. The summed E-state index contributed by atoms with van der Waals surface area (Å²) in [6, 6.07) is 20.0. The third-order valence-corrected chi connectivity index (χ3v) is 6.21. The first kappa shape index (κ1) is 17.4. The van der Waals surface area contributed by atoms with E-state index < -0.39 is 0 Å². The average molecular weight is 370 g/mol. The Balaban J connectivity index is 1.43. The van der Waals surface area contributed by atoms with Gasteiger partial charge in [-0.25, -0.2) is 0 Å². The molecule has 2 aliphatic heterocycles. The third kappa shape index (κ3) is 3.10. The molecule has 0 aromatic heterocycles. The zero-order valence-electron chi connectivity index (χ0n) is 16.4. The highest BCUT2D eigenvalue weighted by molar-refractivity contribution is 6.06. The summed E-state index contributed by atoms with van der Waals surface area (Å²) < 4.78 is 0. The second-order valence-corrected chi connectivity index (χ2v) is 7.89. The Labute approximate surface area is 167 Å². The zero-order valence-corrected chi connectivity index (χ0v) is 16.4. The molecule has 1 aliphatic carbocycles. The minimum absolute atomic E-state index is 0.208. The van der Waals surface area contributed by atoms with E-state index in [1.54, 1.807) is 0 Å². The van der Waals surface area contributed by atoms with Crippen LogP contribution in [0.4, 0.5) is 5.69 Å². The van der Waals surface area contributed by atoms with Crippen molar-refractivity contribution in [1.29, 1.82) is 0 Å². The van der Waals surface area contributed by atoms with E-state index in [1.165, 1.54) is 34.4 Å². The number of benzene rings is 2. The van der Waals surface area contributed by atoms with Gasteiger partial charge in [-0.15, -0.1) is 0 Å². The monoisotopic (exact) mass is 369 g/mol. The van der Waals surface area contributed by atoms with Crippen molar-refractivity contribution in [3.05, 3.63) is 83.4 Å². The average Bonchev–Trinajstić information content (AvgIpc) is 3.42. The maximum Gasteiger partial charge on any atom is 0.0977 e. The molecule has 3 aliphatic rings. The molecule has 0 saturated carbocycles. The van der Waals surface area contributed by atoms with Crippen LogP contribution in [0.5, 0.6) is 0 Å². The summed E-state index contributed by atoms with van der Waals surface area (Å²) in [5, 5.41) is 10.6. The van der Waals surface area contributed by atoms with E-state index >= 15 is 0 Å². The highest BCUT2D eigenvalue weighted by Gasteiger charge is 2.32. The number of para-hydroxylation sites is 1. The maximum absolute atomic E-state index is 4.95. The van der Waals surface area contributed by atoms with Crippen molar-refractivity contribution in [3.63, 3.8) is 0 Å². The molecule has 142 valence electrons. The molecule has 0 spiro atoms. The Morgan fingerprint density at radius 3 is 2.61 bits per heavy atom. The Kier molecular flexibility index (Phi) is 4.61. The van der Waals surface area contributed by atoms with Gasteiger partial charge in [0, 0.05) is 12.1 Å². The van der Waals surface area contributed by atoms with E-state index in [0.29, 0.717) is 5.92 Å². The van der Waals surface area contributed by atoms with Gasteiger partial charge < -0.3 is 5.32 Å². The number of fused-ring (bicyclic) bond motifs is 1. The van der Waals surface area contributed by atoms with Gasteiger partial charge in [0.25, 0.3) is 0 Å². The molecule has 0 radical (unpaired) electrons. The van der Waals surface area contributed by atoms with Crippen LogP contribution < -0.4 is 10.3 Å². The molecule has 28 heavy (non-hydrogen) atoms. The predicted molar refractivity (Wildman–Crippen MR) is 118 cm³/mol. The Hall–Kier alpha value is -2.65. The Bertz CT molecular complexity index is 932. The number of hydrogen-bond donors (Lipinski definition) is 1. The standard InChI is InChI=1S/C25H27N3/c1-2-24-23-13-12-20(16-25(23)28(27-24)22-6-4-3-5-7-22)18-8-10-19(11-9-18)21-14-15-26-17-21/h3-11,13,16,21,25-26H,2,12,14-15,17H2,1H3. The fraction of sp³-hybridized carbons (Fsp3) is 0.320. The fourth-order valence-corrected chi connectivity index (χ4v) is 4.63. The second kappa shape index (κ2) is 7.40. The molecule has 0 bridgehead atoms. The van der Waals surface area contributed by atoms with Crippen molar-refractivity contribution < 1.29 is 0 Å². The molecule has 1 N–H and O–H groups in total. The van der Waals surface area contributed by atoms with Crippen molar-refractivity contribution in [2.75, 3.05) is 18.1 Å². The summed E-state index contributed by atoms with van der Waals surface area (Å²) >= 11 is 0. The fourth-order valence-electron chi connectivity index (χ4n) is 4.63. The number of rotatable bonds is 4. The molecule has 3 nitrogen and oxygen atoms in total. The van der Waals surface area contributed by atoms with Crippen LogP contribution in [0, 0.1) is 0 Å². The number of nitrogens with zero attached hydrogens (tertiary/aromatic N) is 2. The van der Waals surface area contributed by atoms with Crippen molar-refractivity contribution in [1.82, 2.24) is 5.32 Å². The molecule has 2 aromatic rings. The van der Waals surface area contributed by atoms with Gasteiger partial charge in [0.1, 0.15) is 0 Å². The van der Waals surface area contributed by atoms with Crippen LogP contribution in [-0.4, -0.2) is 24.8 Å². The molecule has 1 fully saturated rings. The number of allylic oxidation sites excluding steroid dienone is 2. The van der Waals surface area contributed by atoms with Crippen LogP contribution in [0.3, 0.4) is 0 Å². The molecule has 1 saturated heterocycles. The van der Waals surface area contributed by atoms with Crippen molar-refractivity contribution in [2.24, 2.45) is 5.10 Å². The van der Waals surface area contributed by atoms with Gasteiger partial charge in [-0.2, -0.15) is 5.10 Å². The molecule has 2 unspecified atom stereocenters. The lowest BCUT2D eigenvalue weighted by molar-refractivity contribution is 0.763. The molecule has 0 amide bonds. The van der Waals surface area contributed by atoms with Gasteiger partial charge >= 0.3 is 0 Å². The summed E-state index contributed by atoms with van der Waals surface area (Å²) in [6.07, 6.45) is 8.01. The first-order valence-electron chi connectivity index (χ1n) is 10.5. The second-order valence-electron chi connectivity index (χ2n) is 7.89. The van der Waals surface area contributed by atoms with E-state index in [4.69, 9.17) is 5.10 Å². The first-order chi connectivity index (χ1) is 13.8. The zero-order chi connectivity index (χ0) is 18.9. The number of anilines is 1. The largest absolute Gasteiger partial charge is 0.316 e. The lowest BCUT2D eigenvalue weighted by Crippen LogP contribution is -2.27. The van der Waals surface area contributed by atoms with E-state index in [0.717, 1.165) is 31.6 Å². The van der Waals surface area contributed by atoms with Crippen molar-refractivity contribution >= 4 is 17.0 Å². The van der Waals surface area contributed by atoms with Crippen LogP contribution in [0.15, 0.2) is 77.4 Å². The van der Waals surface area contributed by atoms with Gasteiger partial charge in [-0.3, -0.25) is 5.01 Å². The quantitative estimate of drug-likeness (QED) is 0.809. The van der Waals surface area contributed by atoms with E-state index in [9.17, 15) is 0 Å². The number of hydrogen-bond acceptors (Lipinski definition) is 3. The molecular formula is C25H27N3. The van der Waals surface area contributed by atoms with E-state index in [1.807, 2.05) is 0 Å². The van der Waals surface area contributed by atoms with E-state index in [-0.39, 0.29) is 6.04 Å². The summed E-state index contributed by atoms with van der Waals surface area (Å²) in [6.45, 7) is 4.45. The van der Waals surface area contributed by atoms with Crippen LogP contribution >= 0.6 is 0 Å². The van der Waals surface area contributed by atoms with Gasteiger partial charge in [0.2, 0.25) is 0 Å². The Morgan fingerprint density at radius 2 is 1.89 bits per heavy atom. The van der Waals surface area contributed by atoms with Crippen LogP contribution in [0.25, 0.3) is 5.57 Å². The first-order valence-corrected chi connectivity index (χ1v) is 10.5. The SMILES string of the molecule is CCC1=NN(c2ccccc2)C2C=C(c3ccc(C4CCNC4)cc3)CC=C12. The molecule has 5 rings (SSSR count). The third-order valence-electron chi connectivity index (χ3n) is 6.21. The maximum atomic E-state index is 4.95. The number of nitrogens with one attached hydrogen (secondary N) is 1. The van der Waals surface area contributed by atoms with Crippen molar-refractivity contribution in [3.8, 4) is 0 Å². The van der Waals surface area contributed by atoms with Gasteiger partial charge in [-0.05, 0) is 60.6 Å². The lowest BCUT2D eigenvalue weighted by atomic mass is 9.87. The van der Waals surface area contributed by atoms with Crippen LogP contribution in [0.1, 0.15) is 43.2 Å². The summed E-state index contributed by atoms with van der Waals surface area (Å²) in [4.78, 5) is 0. The smallest absolute Gasteiger partial charge is 0.0977 e. The molecule has 3 heteroatoms. The topological polar surface area (TPSA) is 27.6 Å². The van der Waals surface area contributed by atoms with Crippen molar-refractivity contribution in [2.45, 2.75) is 38.1 Å². The van der Waals surface area contributed by atoms with E-state index in [2.05, 4.69) is 84.0 Å². The molecule has 2 atom stereocenters. The minimum Gasteiger partial charge on any atom is -0.316 e. The minimum atomic E-state index is 0.208. The van der Waals surface area contributed by atoms with Crippen LogP contribution in [-0.2, 0) is 0 Å². The lowest BCUT2D eigenvalue weighted by Gasteiger charge is -2.26. The summed E-state index contributed by atoms with van der Waals surface area (Å²) in [7, 11) is 0. The highest BCUT2D eigenvalue weighted by Crippen LogP contribution is 2.36. The molecule has 2 aromatic carbocycles.